The molecule has 0 spiro atoms. The first-order valence-electron chi connectivity index (χ1n) is 3.47. The molecule has 0 amide bonds. The van der Waals surface area contributed by atoms with Crippen molar-refractivity contribution in [2.45, 2.75) is 10.1 Å². The van der Waals surface area contributed by atoms with E-state index in [1.54, 1.807) is 0 Å². The monoisotopic (exact) mass is 248 g/mol. The molecule has 1 saturated heterocycles. The second kappa shape index (κ2) is 4.66. The molecule has 1 heterocycles. The molecule has 1 aliphatic heterocycles. The van der Waals surface area contributed by atoms with Crippen molar-refractivity contribution in [3.8, 4) is 0 Å². The van der Waals surface area contributed by atoms with Crippen molar-refractivity contribution in [3.05, 3.63) is 0 Å². The molecular weight excluding hydrogens is 242 g/mol. The van der Waals surface area contributed by atoms with Crippen molar-refractivity contribution in [1.82, 2.24) is 0 Å². The van der Waals surface area contributed by atoms with Crippen molar-refractivity contribution in [3.63, 3.8) is 0 Å². The van der Waals surface area contributed by atoms with Crippen LogP contribution in [0.5, 0.6) is 0 Å². The lowest BCUT2D eigenvalue weighted by Gasteiger charge is -2.23. The van der Waals surface area contributed by atoms with Gasteiger partial charge in [-0.05, 0) is 0 Å². The highest BCUT2D eigenvalue weighted by molar-refractivity contribution is 6.75. The third-order valence-electron chi connectivity index (χ3n) is 1.26. The Morgan fingerprint density at radius 2 is 2.08 bits per heavy atom. The molecule has 0 aliphatic carbocycles. The third-order valence-corrected chi connectivity index (χ3v) is 1.72. The van der Waals surface area contributed by atoms with Gasteiger partial charge in [-0.2, -0.15) is 0 Å². The Morgan fingerprint density at radius 3 is 2.54 bits per heavy atom. The van der Waals surface area contributed by atoms with E-state index in [9.17, 15) is 4.79 Å². The van der Waals surface area contributed by atoms with E-state index in [2.05, 4.69) is 4.74 Å². The fourth-order valence-electron chi connectivity index (χ4n) is 0.720. The minimum absolute atomic E-state index is 0.159. The Balaban J connectivity index is 2.35. The van der Waals surface area contributed by atoms with Crippen molar-refractivity contribution >= 4 is 40.8 Å². The number of rotatable bonds is 1. The van der Waals surface area contributed by atoms with Crippen LogP contribution in [-0.4, -0.2) is 35.9 Å². The Bertz CT molecular complexity index is 185. The highest BCUT2D eigenvalue weighted by Crippen LogP contribution is 2.28. The van der Waals surface area contributed by atoms with Gasteiger partial charge < -0.3 is 14.2 Å². The lowest BCUT2D eigenvalue weighted by molar-refractivity contribution is -0.213. The zero-order valence-corrected chi connectivity index (χ0v) is 8.73. The van der Waals surface area contributed by atoms with Crippen LogP contribution in [0.1, 0.15) is 0 Å². The van der Waals surface area contributed by atoms with E-state index >= 15 is 0 Å². The molecule has 7 heteroatoms. The molecule has 1 unspecified atom stereocenters. The van der Waals surface area contributed by atoms with Gasteiger partial charge in [-0.3, -0.25) is 0 Å². The summed E-state index contributed by atoms with van der Waals surface area (Å²) in [7, 11) is 0. The van der Waals surface area contributed by atoms with Crippen LogP contribution < -0.4 is 0 Å². The number of alkyl halides is 3. The van der Waals surface area contributed by atoms with Crippen LogP contribution in [0.4, 0.5) is 0 Å². The summed E-state index contributed by atoms with van der Waals surface area (Å²) in [6.07, 6.45) is -0.781. The van der Waals surface area contributed by atoms with Crippen LogP contribution >= 0.6 is 34.8 Å². The maximum absolute atomic E-state index is 11.0. The molecule has 0 bridgehead atoms. The van der Waals surface area contributed by atoms with E-state index < -0.39 is 16.1 Å². The first-order valence-corrected chi connectivity index (χ1v) is 4.60. The fraction of sp³-hybridized carbons (Fsp3) is 0.833. The van der Waals surface area contributed by atoms with E-state index in [0.717, 1.165) is 0 Å². The third kappa shape index (κ3) is 3.87. The van der Waals surface area contributed by atoms with Crippen LogP contribution in [0, 0.1) is 0 Å². The molecular formula is C6H7Cl3O4. The molecule has 76 valence electrons. The van der Waals surface area contributed by atoms with Gasteiger partial charge in [0, 0.05) is 0 Å². The van der Waals surface area contributed by atoms with Crippen LogP contribution in [0.3, 0.4) is 0 Å². The van der Waals surface area contributed by atoms with Gasteiger partial charge in [0.2, 0.25) is 6.29 Å². The number of hydrogen-bond acceptors (Lipinski definition) is 4. The summed E-state index contributed by atoms with van der Waals surface area (Å²) in [5.74, 6) is -0.965. The average molecular weight is 249 g/mol. The normalized spacial score (nSPS) is 24.1. The van der Waals surface area contributed by atoms with Crippen LogP contribution in [0.2, 0.25) is 0 Å². The molecule has 1 aliphatic rings. The summed E-state index contributed by atoms with van der Waals surface area (Å²) in [4.78, 5) is 11.0. The maximum atomic E-state index is 11.0. The molecule has 1 rings (SSSR count). The van der Waals surface area contributed by atoms with Gasteiger partial charge >= 0.3 is 5.97 Å². The predicted molar refractivity (Wildman–Crippen MR) is 46.9 cm³/mol. The number of carbonyl (C=O) groups excluding carboxylic acids is 1. The minimum Gasteiger partial charge on any atom is -0.430 e. The van der Waals surface area contributed by atoms with Gasteiger partial charge in [0.05, 0.1) is 13.2 Å². The summed E-state index contributed by atoms with van der Waals surface area (Å²) >= 11 is 15.8. The molecule has 0 aromatic heterocycles. The fourth-order valence-corrected chi connectivity index (χ4v) is 0.854. The van der Waals surface area contributed by atoms with Gasteiger partial charge in [0.1, 0.15) is 6.61 Å². The van der Waals surface area contributed by atoms with E-state index in [1.165, 1.54) is 0 Å². The van der Waals surface area contributed by atoms with Crippen molar-refractivity contribution in [2.75, 3.05) is 19.8 Å². The van der Waals surface area contributed by atoms with Gasteiger partial charge in [0.25, 0.3) is 3.79 Å². The van der Waals surface area contributed by atoms with Gasteiger partial charge in [-0.1, -0.05) is 34.8 Å². The summed E-state index contributed by atoms with van der Waals surface area (Å²) in [6.45, 7) is 0.992. The van der Waals surface area contributed by atoms with Crippen molar-refractivity contribution < 1.29 is 19.0 Å². The Hall–Kier alpha value is 0.260. The summed E-state index contributed by atoms with van der Waals surface area (Å²) < 4.78 is 12.6. The zero-order chi connectivity index (χ0) is 9.90. The lowest BCUT2D eigenvalue weighted by atomic mass is 10.6. The Morgan fingerprint density at radius 1 is 1.38 bits per heavy atom. The Labute approximate surface area is 90.0 Å². The summed E-state index contributed by atoms with van der Waals surface area (Å²) in [5.41, 5.74) is 0. The minimum atomic E-state index is -2.07. The molecule has 1 atom stereocenters. The zero-order valence-electron chi connectivity index (χ0n) is 6.47. The highest BCUT2D eigenvalue weighted by Gasteiger charge is 2.35. The SMILES string of the molecule is O=C(OC1COCCO1)C(Cl)(Cl)Cl. The molecule has 1 fully saturated rings. The number of carbonyl (C=O) groups is 1. The standard InChI is InChI=1S/C6H7Cl3O4/c7-6(8,9)5(10)13-4-3-11-1-2-12-4/h4H,1-3H2. The molecule has 0 aromatic rings. The number of esters is 1. The highest BCUT2D eigenvalue weighted by atomic mass is 35.6. The first-order chi connectivity index (χ1) is 6.00. The number of halogens is 3. The first kappa shape index (κ1) is 11.3. The average Bonchev–Trinajstić information content (AvgIpc) is 2.04. The van der Waals surface area contributed by atoms with Crippen LogP contribution in [0.15, 0.2) is 0 Å². The van der Waals surface area contributed by atoms with Crippen molar-refractivity contribution in [2.24, 2.45) is 0 Å². The molecule has 0 saturated carbocycles. The molecule has 0 N–H and O–H groups in total. The van der Waals surface area contributed by atoms with E-state index in [0.29, 0.717) is 13.2 Å². The smallest absolute Gasteiger partial charge is 0.360 e. The maximum Gasteiger partial charge on any atom is 0.360 e. The largest absolute Gasteiger partial charge is 0.430 e. The predicted octanol–water partition coefficient (Wildman–Crippen LogP) is 1.27. The Kier molecular flexibility index (Phi) is 4.06. The number of hydrogen-bond donors (Lipinski definition) is 0. The molecule has 0 aromatic carbocycles. The van der Waals surface area contributed by atoms with Crippen LogP contribution in [0.25, 0.3) is 0 Å². The van der Waals surface area contributed by atoms with Gasteiger partial charge in [-0.25, -0.2) is 4.79 Å². The van der Waals surface area contributed by atoms with E-state index in [4.69, 9.17) is 44.3 Å². The van der Waals surface area contributed by atoms with Gasteiger partial charge in [-0.15, -0.1) is 0 Å². The topological polar surface area (TPSA) is 44.8 Å². The van der Waals surface area contributed by atoms with E-state index in [-0.39, 0.29) is 6.61 Å². The molecule has 4 nitrogen and oxygen atoms in total. The molecule has 13 heavy (non-hydrogen) atoms. The lowest BCUT2D eigenvalue weighted by Crippen LogP contribution is -2.36. The molecule has 0 radical (unpaired) electrons. The summed E-state index contributed by atoms with van der Waals surface area (Å²) in [6, 6.07) is 0. The number of ether oxygens (including phenoxy) is 3. The van der Waals surface area contributed by atoms with Crippen molar-refractivity contribution in [1.29, 1.82) is 0 Å². The van der Waals surface area contributed by atoms with Crippen LogP contribution in [-0.2, 0) is 19.0 Å². The summed E-state index contributed by atoms with van der Waals surface area (Å²) in [5, 5.41) is 0. The van der Waals surface area contributed by atoms with E-state index in [1.807, 2.05) is 0 Å². The van der Waals surface area contributed by atoms with Gasteiger partial charge in [0.15, 0.2) is 0 Å². The quantitative estimate of drug-likeness (QED) is 0.519. The second-order valence-corrected chi connectivity index (χ2v) is 4.56. The second-order valence-electron chi connectivity index (χ2n) is 2.28.